The standard InChI is InChI=1S/C32H45FN4OS/c1-12-15-19-35(10)29-23(6)28(24(7)36(11)32(8,9)31(38)34-22(4)5)30(39-29)37(14-3)20-18-26-21-27(33)17-16-25(26)13-2/h12,14-17,19,21-22H,1,3,7,13,18,20H2,2,4-6,8-11H3,(H,34,38)/b19-15-. The molecule has 0 unspecified atom stereocenters. The van der Waals surface area contributed by atoms with Crippen LogP contribution in [-0.2, 0) is 17.6 Å². The molecule has 0 fully saturated rings. The van der Waals surface area contributed by atoms with E-state index in [9.17, 15) is 9.18 Å². The number of anilines is 2. The van der Waals surface area contributed by atoms with Crippen LogP contribution in [0.4, 0.5) is 14.4 Å². The van der Waals surface area contributed by atoms with E-state index in [1.54, 1.807) is 23.5 Å². The number of amides is 1. The van der Waals surface area contributed by atoms with Gasteiger partial charge in [-0.3, -0.25) is 4.79 Å². The third kappa shape index (κ3) is 7.41. The largest absolute Gasteiger partial charge is 0.361 e. The number of aryl methyl sites for hydroxylation is 1. The van der Waals surface area contributed by atoms with Gasteiger partial charge in [0.1, 0.15) is 21.4 Å². The van der Waals surface area contributed by atoms with E-state index in [-0.39, 0.29) is 17.8 Å². The Labute approximate surface area is 239 Å². The van der Waals surface area contributed by atoms with Crippen molar-refractivity contribution >= 4 is 32.9 Å². The second kappa shape index (κ2) is 13.7. The maximum Gasteiger partial charge on any atom is 0.245 e. The molecule has 0 atom stereocenters. The van der Waals surface area contributed by atoms with Gasteiger partial charge in [-0.1, -0.05) is 50.1 Å². The predicted octanol–water partition coefficient (Wildman–Crippen LogP) is 7.29. The zero-order valence-corrected chi connectivity index (χ0v) is 25.7. The smallest absolute Gasteiger partial charge is 0.245 e. The van der Waals surface area contributed by atoms with E-state index in [1.807, 2.05) is 71.2 Å². The van der Waals surface area contributed by atoms with Gasteiger partial charge >= 0.3 is 0 Å². The van der Waals surface area contributed by atoms with Gasteiger partial charge < -0.3 is 20.0 Å². The number of carbonyl (C=O) groups is 1. The minimum Gasteiger partial charge on any atom is -0.361 e. The number of nitrogens with one attached hydrogen (secondary N) is 1. The molecule has 2 aromatic rings. The summed E-state index contributed by atoms with van der Waals surface area (Å²) in [5.41, 5.74) is 4.04. The highest BCUT2D eigenvalue weighted by Gasteiger charge is 2.36. The third-order valence-corrected chi connectivity index (χ3v) is 8.45. The van der Waals surface area contributed by atoms with E-state index < -0.39 is 5.54 Å². The second-order valence-electron chi connectivity index (χ2n) is 10.5. The summed E-state index contributed by atoms with van der Waals surface area (Å²) in [4.78, 5) is 19.2. The lowest BCUT2D eigenvalue weighted by Gasteiger charge is -2.38. The normalized spacial score (nSPS) is 11.5. The number of likely N-dealkylation sites (N-methyl/N-ethyl adjacent to an activating group) is 1. The van der Waals surface area contributed by atoms with Crippen molar-refractivity contribution in [2.45, 2.75) is 66.0 Å². The van der Waals surface area contributed by atoms with E-state index in [4.69, 9.17) is 0 Å². The molecule has 0 radical (unpaired) electrons. The number of thiophene rings is 1. The van der Waals surface area contributed by atoms with Crippen LogP contribution in [0.15, 0.2) is 62.5 Å². The first-order valence-electron chi connectivity index (χ1n) is 13.4. The van der Waals surface area contributed by atoms with Crippen molar-refractivity contribution in [1.82, 2.24) is 10.2 Å². The van der Waals surface area contributed by atoms with Gasteiger partial charge in [0.25, 0.3) is 0 Å². The van der Waals surface area contributed by atoms with Gasteiger partial charge in [-0.2, -0.15) is 0 Å². The molecule has 0 aliphatic heterocycles. The van der Waals surface area contributed by atoms with Crippen molar-refractivity contribution in [1.29, 1.82) is 0 Å². The highest BCUT2D eigenvalue weighted by molar-refractivity contribution is 7.20. The maximum atomic E-state index is 14.1. The van der Waals surface area contributed by atoms with Crippen molar-refractivity contribution in [3.8, 4) is 0 Å². The molecule has 7 heteroatoms. The first kappa shape index (κ1) is 31.9. The van der Waals surface area contributed by atoms with Crippen LogP contribution in [0.5, 0.6) is 0 Å². The lowest BCUT2D eigenvalue weighted by Crippen LogP contribution is -2.53. The number of nitrogens with zero attached hydrogens (tertiary/aromatic N) is 3. The summed E-state index contributed by atoms with van der Waals surface area (Å²) in [6.45, 7) is 24.8. The molecule has 0 aliphatic rings. The summed E-state index contributed by atoms with van der Waals surface area (Å²) in [5.74, 6) is -0.296. The van der Waals surface area contributed by atoms with Crippen LogP contribution in [0.25, 0.3) is 5.70 Å². The fraction of sp³-hybridized carbons (Fsp3) is 0.406. The molecule has 1 aromatic carbocycles. The summed E-state index contributed by atoms with van der Waals surface area (Å²) >= 11 is 1.63. The van der Waals surface area contributed by atoms with Crippen LogP contribution in [0.2, 0.25) is 0 Å². The summed E-state index contributed by atoms with van der Waals surface area (Å²) < 4.78 is 14.1. The minimum absolute atomic E-state index is 0.0286. The van der Waals surface area contributed by atoms with Gasteiger partial charge in [0.05, 0.1) is 0 Å². The van der Waals surface area contributed by atoms with E-state index >= 15 is 0 Å². The average molecular weight is 553 g/mol. The monoisotopic (exact) mass is 552 g/mol. The molecule has 212 valence electrons. The molecule has 0 saturated carbocycles. The Morgan fingerprint density at radius 3 is 2.41 bits per heavy atom. The Bertz CT molecular complexity index is 1230. The molecule has 39 heavy (non-hydrogen) atoms. The lowest BCUT2D eigenvalue weighted by atomic mass is 9.98. The molecule has 2 rings (SSSR count). The van der Waals surface area contributed by atoms with E-state index in [1.165, 1.54) is 6.07 Å². The van der Waals surface area contributed by atoms with Crippen LogP contribution in [0.3, 0.4) is 0 Å². The van der Waals surface area contributed by atoms with Crippen LogP contribution in [-0.4, -0.2) is 43.0 Å². The molecule has 0 bridgehead atoms. The van der Waals surface area contributed by atoms with Gasteiger partial charge in [-0.25, -0.2) is 4.39 Å². The van der Waals surface area contributed by atoms with Crippen LogP contribution >= 0.6 is 11.3 Å². The van der Waals surface area contributed by atoms with Crippen LogP contribution in [0, 0.1) is 12.7 Å². The van der Waals surface area contributed by atoms with Crippen molar-refractivity contribution in [2.24, 2.45) is 0 Å². The van der Waals surface area contributed by atoms with Crippen LogP contribution < -0.4 is 15.1 Å². The molecule has 1 N–H and O–H groups in total. The Kier molecular flexibility index (Phi) is 11.2. The first-order valence-corrected chi connectivity index (χ1v) is 14.2. The Morgan fingerprint density at radius 2 is 1.85 bits per heavy atom. The molecule has 1 amide bonds. The third-order valence-electron chi connectivity index (χ3n) is 7.03. The average Bonchev–Trinajstić information content (AvgIpc) is 3.23. The van der Waals surface area contributed by atoms with Crippen molar-refractivity contribution in [3.05, 3.63) is 90.6 Å². The molecule has 0 saturated heterocycles. The Balaban J connectivity index is 2.58. The molecule has 1 heterocycles. The maximum absolute atomic E-state index is 14.1. The fourth-order valence-electron chi connectivity index (χ4n) is 4.41. The predicted molar refractivity (Wildman–Crippen MR) is 168 cm³/mol. The van der Waals surface area contributed by atoms with E-state index in [0.717, 1.165) is 44.4 Å². The van der Waals surface area contributed by atoms with Gasteiger partial charge in [-0.15, -0.1) is 0 Å². The SMILES string of the molecule is C=C/C=C\N(C)c1sc(N(C=C)CCc2cc(F)ccc2CC)c(C(=C)N(C)C(C)(C)C(=O)NC(C)C)c1C. The minimum atomic E-state index is -0.835. The fourth-order valence-corrected chi connectivity index (χ4v) is 5.71. The van der Waals surface area contributed by atoms with E-state index in [2.05, 4.69) is 48.7 Å². The van der Waals surface area contributed by atoms with Gasteiger partial charge in [0, 0.05) is 44.1 Å². The highest BCUT2D eigenvalue weighted by atomic mass is 32.1. The summed E-state index contributed by atoms with van der Waals surface area (Å²) in [7, 11) is 3.90. The lowest BCUT2D eigenvalue weighted by molar-refractivity contribution is -0.129. The highest BCUT2D eigenvalue weighted by Crippen LogP contribution is 2.46. The number of hydrogen-bond acceptors (Lipinski definition) is 5. The number of carbonyl (C=O) groups excluding carboxylic acids is 1. The van der Waals surface area contributed by atoms with Crippen molar-refractivity contribution in [3.63, 3.8) is 0 Å². The number of allylic oxidation sites excluding steroid dienone is 2. The van der Waals surface area contributed by atoms with Gasteiger partial charge in [0.2, 0.25) is 5.91 Å². The summed E-state index contributed by atoms with van der Waals surface area (Å²) in [6, 6.07) is 5.04. The zero-order chi connectivity index (χ0) is 29.5. The summed E-state index contributed by atoms with van der Waals surface area (Å²) in [5, 5.41) is 5.05. The first-order chi connectivity index (χ1) is 18.3. The number of halogens is 1. The van der Waals surface area contributed by atoms with Crippen molar-refractivity contribution < 1.29 is 9.18 Å². The number of hydrogen-bond donors (Lipinski definition) is 1. The zero-order valence-electron chi connectivity index (χ0n) is 24.9. The molecular formula is C32H45FN4OS. The van der Waals surface area contributed by atoms with E-state index in [0.29, 0.717) is 13.0 Å². The second-order valence-corrected chi connectivity index (χ2v) is 11.5. The molecule has 0 spiro atoms. The van der Waals surface area contributed by atoms with Gasteiger partial charge in [0.15, 0.2) is 0 Å². The number of rotatable bonds is 14. The molecular weight excluding hydrogens is 507 g/mol. The molecule has 1 aromatic heterocycles. The Morgan fingerprint density at radius 1 is 1.18 bits per heavy atom. The quantitative estimate of drug-likeness (QED) is 0.250. The molecule has 5 nitrogen and oxygen atoms in total. The van der Waals surface area contributed by atoms with Crippen LogP contribution in [0.1, 0.15) is 56.9 Å². The number of benzene rings is 1. The topological polar surface area (TPSA) is 38.8 Å². The summed E-state index contributed by atoms with van der Waals surface area (Å²) in [6.07, 6.45) is 8.91. The van der Waals surface area contributed by atoms with Gasteiger partial charge in [-0.05, 0) is 88.6 Å². The Hall–Kier alpha value is -3.32. The molecule has 0 aliphatic carbocycles. The van der Waals surface area contributed by atoms with Crippen molar-refractivity contribution in [2.75, 3.05) is 30.4 Å².